The van der Waals surface area contributed by atoms with Crippen molar-refractivity contribution in [3.63, 3.8) is 0 Å². The Morgan fingerprint density at radius 2 is 2.46 bits per heavy atom. The number of halogens is 1. The molecule has 0 N–H and O–H groups in total. The number of nitrogens with zero attached hydrogens (tertiary/aromatic N) is 1. The Morgan fingerprint density at radius 3 is 3.08 bits per heavy atom. The Morgan fingerprint density at radius 1 is 1.62 bits per heavy atom. The summed E-state index contributed by atoms with van der Waals surface area (Å²) in [6.07, 6.45) is 5.53. The van der Waals surface area contributed by atoms with Gasteiger partial charge in [0.15, 0.2) is 0 Å². The molecule has 0 aliphatic heterocycles. The number of oxazole rings is 1. The molecule has 0 amide bonds. The molecule has 1 aromatic heterocycles. The molecule has 0 aliphatic rings. The average molecular weight is 220 g/mol. The van der Waals surface area contributed by atoms with Gasteiger partial charge in [0.2, 0.25) is 0 Å². The molecule has 0 aromatic carbocycles. The van der Waals surface area contributed by atoms with Gasteiger partial charge in [0.1, 0.15) is 6.26 Å². The highest BCUT2D eigenvalue weighted by Crippen LogP contribution is 2.19. The summed E-state index contributed by atoms with van der Waals surface area (Å²) in [5.41, 5.74) is 0. The van der Waals surface area contributed by atoms with Gasteiger partial charge in [-0.15, -0.1) is 11.6 Å². The monoisotopic (exact) mass is 219 g/mol. The Kier molecular flexibility index (Phi) is 5.32. The van der Waals surface area contributed by atoms with Crippen LogP contribution in [0.1, 0.15) is 19.8 Å². The molecule has 1 heterocycles. The van der Waals surface area contributed by atoms with Crippen molar-refractivity contribution in [2.75, 3.05) is 11.6 Å². The van der Waals surface area contributed by atoms with E-state index in [1.54, 1.807) is 24.2 Å². The highest BCUT2D eigenvalue weighted by atomic mass is 35.5. The van der Waals surface area contributed by atoms with Gasteiger partial charge in [0.25, 0.3) is 5.22 Å². The topological polar surface area (TPSA) is 26.0 Å². The molecule has 4 heteroatoms. The van der Waals surface area contributed by atoms with Crippen LogP contribution in [-0.4, -0.2) is 16.6 Å². The average Bonchev–Trinajstić information content (AvgIpc) is 2.57. The zero-order valence-corrected chi connectivity index (χ0v) is 9.27. The molecule has 1 atom stereocenters. The zero-order valence-electron chi connectivity index (χ0n) is 7.70. The van der Waals surface area contributed by atoms with E-state index in [0.717, 1.165) is 23.3 Å². The summed E-state index contributed by atoms with van der Waals surface area (Å²) in [5, 5.41) is 0.762. The molecule has 0 radical (unpaired) electrons. The van der Waals surface area contributed by atoms with Gasteiger partial charge in [-0.3, -0.25) is 0 Å². The summed E-state index contributed by atoms with van der Waals surface area (Å²) in [5.74, 6) is 2.50. The number of rotatable bonds is 6. The lowest BCUT2D eigenvalue weighted by atomic mass is 10.1. The maximum atomic E-state index is 5.64. The van der Waals surface area contributed by atoms with Crippen molar-refractivity contribution in [1.82, 2.24) is 4.98 Å². The number of hydrogen-bond acceptors (Lipinski definition) is 3. The summed E-state index contributed by atoms with van der Waals surface area (Å²) in [6, 6.07) is 0. The van der Waals surface area contributed by atoms with Gasteiger partial charge in [0.05, 0.1) is 6.20 Å². The summed E-state index contributed by atoms with van der Waals surface area (Å²) in [7, 11) is 0. The zero-order chi connectivity index (χ0) is 9.52. The van der Waals surface area contributed by atoms with Gasteiger partial charge in [-0.1, -0.05) is 18.7 Å². The summed E-state index contributed by atoms with van der Waals surface area (Å²) < 4.78 is 5.10. The standard InChI is InChI=1S/C9H14ClNOS/c1-8(2-4-10)3-7-13-9-11-5-6-12-9/h5-6,8H,2-4,7H2,1H3. The van der Waals surface area contributed by atoms with Gasteiger partial charge >= 0.3 is 0 Å². The van der Waals surface area contributed by atoms with Crippen molar-refractivity contribution in [2.45, 2.75) is 25.0 Å². The van der Waals surface area contributed by atoms with E-state index >= 15 is 0 Å². The van der Waals surface area contributed by atoms with Crippen LogP contribution < -0.4 is 0 Å². The predicted molar refractivity (Wildman–Crippen MR) is 56.3 cm³/mol. The van der Waals surface area contributed by atoms with E-state index in [2.05, 4.69) is 11.9 Å². The minimum absolute atomic E-state index is 0.694. The Bertz CT molecular complexity index is 215. The first-order chi connectivity index (χ1) is 6.33. The van der Waals surface area contributed by atoms with Crippen LogP contribution in [0.5, 0.6) is 0 Å². The first-order valence-electron chi connectivity index (χ1n) is 4.41. The number of thioether (sulfide) groups is 1. The molecule has 1 unspecified atom stereocenters. The Balaban J connectivity index is 2.07. The van der Waals surface area contributed by atoms with Crippen molar-refractivity contribution >= 4 is 23.4 Å². The highest BCUT2D eigenvalue weighted by Gasteiger charge is 2.03. The molecule has 1 rings (SSSR count). The molecule has 0 saturated heterocycles. The first kappa shape index (κ1) is 10.9. The van der Waals surface area contributed by atoms with E-state index in [0.29, 0.717) is 5.92 Å². The first-order valence-corrected chi connectivity index (χ1v) is 5.93. The van der Waals surface area contributed by atoms with Crippen molar-refractivity contribution in [2.24, 2.45) is 5.92 Å². The van der Waals surface area contributed by atoms with E-state index in [1.165, 1.54) is 6.42 Å². The van der Waals surface area contributed by atoms with Crippen LogP contribution in [0, 0.1) is 5.92 Å². The smallest absolute Gasteiger partial charge is 0.255 e. The molecule has 0 saturated carbocycles. The molecule has 0 spiro atoms. The van der Waals surface area contributed by atoms with Crippen LogP contribution in [0.4, 0.5) is 0 Å². The van der Waals surface area contributed by atoms with Crippen LogP contribution in [-0.2, 0) is 0 Å². The van der Waals surface area contributed by atoms with Gasteiger partial charge in [0, 0.05) is 11.6 Å². The molecular formula is C9H14ClNOS. The van der Waals surface area contributed by atoms with Gasteiger partial charge in [-0.05, 0) is 18.8 Å². The molecule has 2 nitrogen and oxygen atoms in total. The second kappa shape index (κ2) is 6.33. The minimum atomic E-state index is 0.694. The van der Waals surface area contributed by atoms with E-state index in [1.807, 2.05) is 0 Å². The van der Waals surface area contributed by atoms with Gasteiger partial charge in [-0.2, -0.15) is 0 Å². The SMILES string of the molecule is CC(CCCl)CCSc1ncco1. The molecular weight excluding hydrogens is 206 g/mol. The Labute approximate surface area is 88.1 Å². The van der Waals surface area contributed by atoms with Gasteiger partial charge < -0.3 is 4.42 Å². The van der Waals surface area contributed by atoms with Gasteiger partial charge in [-0.25, -0.2) is 4.98 Å². The van der Waals surface area contributed by atoms with Crippen LogP contribution in [0.25, 0.3) is 0 Å². The quantitative estimate of drug-likeness (QED) is 0.542. The van der Waals surface area contributed by atoms with E-state index in [-0.39, 0.29) is 0 Å². The lowest BCUT2D eigenvalue weighted by Crippen LogP contribution is -1.97. The Hall–Kier alpha value is -0.150. The fraction of sp³-hybridized carbons (Fsp3) is 0.667. The van der Waals surface area contributed by atoms with Crippen molar-refractivity contribution < 1.29 is 4.42 Å². The summed E-state index contributed by atoms with van der Waals surface area (Å²) in [6.45, 7) is 2.22. The highest BCUT2D eigenvalue weighted by molar-refractivity contribution is 7.99. The predicted octanol–water partition coefficient (Wildman–Crippen LogP) is 3.42. The normalized spacial score (nSPS) is 13.1. The van der Waals surface area contributed by atoms with Crippen molar-refractivity contribution in [1.29, 1.82) is 0 Å². The largest absolute Gasteiger partial charge is 0.440 e. The van der Waals surface area contributed by atoms with E-state index in [4.69, 9.17) is 16.0 Å². The molecule has 74 valence electrons. The van der Waals surface area contributed by atoms with Crippen LogP contribution in [0.2, 0.25) is 0 Å². The van der Waals surface area contributed by atoms with Crippen LogP contribution >= 0.6 is 23.4 Å². The number of aromatic nitrogens is 1. The molecule has 1 aromatic rings. The molecule has 13 heavy (non-hydrogen) atoms. The van der Waals surface area contributed by atoms with E-state index < -0.39 is 0 Å². The maximum absolute atomic E-state index is 5.64. The third-order valence-electron chi connectivity index (χ3n) is 1.85. The second-order valence-corrected chi connectivity index (χ2v) is 4.44. The summed E-state index contributed by atoms with van der Waals surface area (Å²) >= 11 is 7.30. The number of hydrogen-bond donors (Lipinski definition) is 0. The second-order valence-electron chi connectivity index (χ2n) is 3.02. The molecule has 0 bridgehead atoms. The maximum Gasteiger partial charge on any atom is 0.255 e. The molecule has 0 fully saturated rings. The molecule has 0 aliphatic carbocycles. The van der Waals surface area contributed by atoms with Crippen LogP contribution in [0.15, 0.2) is 22.1 Å². The lowest BCUT2D eigenvalue weighted by Gasteiger charge is -2.06. The van der Waals surface area contributed by atoms with Crippen molar-refractivity contribution in [3.8, 4) is 0 Å². The fourth-order valence-corrected chi connectivity index (χ4v) is 2.29. The van der Waals surface area contributed by atoms with E-state index in [9.17, 15) is 0 Å². The third kappa shape index (κ3) is 4.58. The van der Waals surface area contributed by atoms with Crippen molar-refractivity contribution in [3.05, 3.63) is 12.5 Å². The lowest BCUT2D eigenvalue weighted by molar-refractivity contribution is 0.453. The number of alkyl halides is 1. The fourth-order valence-electron chi connectivity index (χ4n) is 0.960. The third-order valence-corrected chi connectivity index (χ3v) is 2.95. The minimum Gasteiger partial charge on any atom is -0.440 e. The van der Waals surface area contributed by atoms with Crippen LogP contribution in [0.3, 0.4) is 0 Å². The summed E-state index contributed by atoms with van der Waals surface area (Å²) in [4.78, 5) is 4.03.